The predicted octanol–water partition coefficient (Wildman–Crippen LogP) is 3.36. The summed E-state index contributed by atoms with van der Waals surface area (Å²) in [6.45, 7) is 0. The number of benzene rings is 1. The molecule has 19 heavy (non-hydrogen) atoms. The highest BCUT2D eigenvalue weighted by molar-refractivity contribution is 14.1. The average Bonchev–Trinajstić information content (AvgIpc) is 2.41. The van der Waals surface area contributed by atoms with E-state index >= 15 is 0 Å². The number of pyridine rings is 1. The van der Waals surface area contributed by atoms with E-state index in [1.165, 1.54) is 19.4 Å². The largest absolute Gasteiger partial charge is 0.465 e. The fraction of sp³-hybridized carbons (Fsp3) is 0.0769. The Bertz CT molecular complexity index is 619. The first kappa shape index (κ1) is 13.7. The first-order valence-corrected chi connectivity index (χ1v) is 6.45. The number of aromatic nitrogens is 1. The van der Waals surface area contributed by atoms with Crippen LogP contribution in [-0.2, 0) is 4.74 Å². The second-order valence-corrected chi connectivity index (χ2v) is 4.89. The molecule has 0 amide bonds. The molecule has 0 unspecified atom stereocenters. The minimum absolute atomic E-state index is 0.253. The smallest absolute Gasteiger partial charge is 0.341 e. The average molecular weight is 372 g/mol. The van der Waals surface area contributed by atoms with Crippen LogP contribution in [-0.4, -0.2) is 18.1 Å². The van der Waals surface area contributed by atoms with Gasteiger partial charge in [0, 0.05) is 9.77 Å². The number of anilines is 2. The number of ether oxygens (including phenoxy) is 1. The highest BCUT2D eigenvalue weighted by Gasteiger charge is 2.13. The van der Waals surface area contributed by atoms with Gasteiger partial charge in [0.15, 0.2) is 0 Å². The minimum atomic E-state index is -0.526. The number of nitrogens with one attached hydrogen (secondary N) is 1. The van der Waals surface area contributed by atoms with Crippen LogP contribution in [0, 0.1) is 9.39 Å². The Morgan fingerprint density at radius 3 is 2.89 bits per heavy atom. The van der Waals surface area contributed by atoms with Crippen LogP contribution in [0.15, 0.2) is 36.5 Å². The molecule has 0 saturated carbocycles. The van der Waals surface area contributed by atoms with Crippen molar-refractivity contribution in [3.05, 3.63) is 51.5 Å². The highest BCUT2D eigenvalue weighted by atomic mass is 127. The molecule has 2 aromatic rings. The maximum Gasteiger partial charge on any atom is 0.341 e. The van der Waals surface area contributed by atoms with Crippen LogP contribution in [0.25, 0.3) is 0 Å². The molecule has 6 heteroatoms. The third kappa shape index (κ3) is 3.19. The lowest BCUT2D eigenvalue weighted by Gasteiger charge is -2.10. The summed E-state index contributed by atoms with van der Waals surface area (Å²) in [4.78, 5) is 15.6. The van der Waals surface area contributed by atoms with Crippen molar-refractivity contribution in [2.75, 3.05) is 12.4 Å². The van der Waals surface area contributed by atoms with Gasteiger partial charge in [-0.25, -0.2) is 14.2 Å². The Balaban J connectivity index is 2.35. The molecule has 98 valence electrons. The lowest BCUT2D eigenvalue weighted by atomic mass is 10.2. The van der Waals surface area contributed by atoms with Crippen molar-refractivity contribution < 1.29 is 13.9 Å². The number of carbonyl (C=O) groups excluding carboxylic acids is 1. The summed E-state index contributed by atoms with van der Waals surface area (Å²) in [5.74, 6) is -0.677. The number of rotatable bonds is 3. The molecule has 2 rings (SSSR count). The fourth-order valence-corrected chi connectivity index (χ4v) is 1.95. The van der Waals surface area contributed by atoms with Gasteiger partial charge in [0.2, 0.25) is 0 Å². The van der Waals surface area contributed by atoms with Gasteiger partial charge >= 0.3 is 5.97 Å². The van der Waals surface area contributed by atoms with Crippen molar-refractivity contribution in [1.29, 1.82) is 0 Å². The van der Waals surface area contributed by atoms with E-state index in [2.05, 4.69) is 15.0 Å². The SMILES string of the molecule is COC(=O)c1cccnc1Nc1ccc(I)cc1F. The van der Waals surface area contributed by atoms with Crippen LogP contribution in [0.1, 0.15) is 10.4 Å². The molecule has 1 aromatic carbocycles. The molecule has 1 N–H and O–H groups in total. The molecule has 0 aliphatic rings. The fourth-order valence-electron chi connectivity index (χ4n) is 1.50. The number of hydrogen-bond donors (Lipinski definition) is 1. The normalized spacial score (nSPS) is 10.1. The zero-order valence-electron chi connectivity index (χ0n) is 9.98. The molecule has 4 nitrogen and oxygen atoms in total. The first-order chi connectivity index (χ1) is 9.11. The van der Waals surface area contributed by atoms with Gasteiger partial charge < -0.3 is 10.1 Å². The summed E-state index contributed by atoms with van der Waals surface area (Å²) >= 11 is 2.02. The van der Waals surface area contributed by atoms with Gasteiger partial charge in [0.05, 0.1) is 12.8 Å². The third-order valence-electron chi connectivity index (χ3n) is 2.40. The number of carbonyl (C=O) groups is 1. The maximum absolute atomic E-state index is 13.7. The van der Waals surface area contributed by atoms with Gasteiger partial charge in [-0.2, -0.15) is 0 Å². The van der Waals surface area contributed by atoms with E-state index in [1.807, 2.05) is 22.6 Å². The van der Waals surface area contributed by atoms with E-state index in [-0.39, 0.29) is 17.1 Å². The molecule has 0 radical (unpaired) electrons. The molecule has 0 atom stereocenters. The third-order valence-corrected chi connectivity index (χ3v) is 3.07. The van der Waals surface area contributed by atoms with Crippen molar-refractivity contribution in [3.8, 4) is 0 Å². The number of nitrogens with zero attached hydrogens (tertiary/aromatic N) is 1. The van der Waals surface area contributed by atoms with Gasteiger partial charge in [0.25, 0.3) is 0 Å². The highest BCUT2D eigenvalue weighted by Crippen LogP contribution is 2.23. The molecule has 0 spiro atoms. The summed E-state index contributed by atoms with van der Waals surface area (Å²) in [6, 6.07) is 7.91. The van der Waals surface area contributed by atoms with Crippen molar-refractivity contribution in [2.45, 2.75) is 0 Å². The van der Waals surface area contributed by atoms with Gasteiger partial charge in [-0.3, -0.25) is 0 Å². The Kier molecular flexibility index (Phi) is 4.31. The van der Waals surface area contributed by atoms with E-state index in [4.69, 9.17) is 0 Å². The standard InChI is InChI=1S/C13H10FIN2O2/c1-19-13(18)9-3-2-6-16-12(9)17-11-5-4-8(15)7-10(11)14/h2-7H,1H3,(H,16,17). The van der Waals surface area contributed by atoms with E-state index in [0.29, 0.717) is 0 Å². The molecule has 0 aliphatic carbocycles. The van der Waals surface area contributed by atoms with Gasteiger partial charge in [-0.15, -0.1) is 0 Å². The van der Waals surface area contributed by atoms with E-state index < -0.39 is 11.8 Å². The minimum Gasteiger partial charge on any atom is -0.465 e. The van der Waals surface area contributed by atoms with E-state index in [9.17, 15) is 9.18 Å². The second-order valence-electron chi connectivity index (χ2n) is 3.64. The van der Waals surface area contributed by atoms with E-state index in [1.54, 1.807) is 24.3 Å². The lowest BCUT2D eigenvalue weighted by Crippen LogP contribution is -2.07. The van der Waals surface area contributed by atoms with Crippen LogP contribution < -0.4 is 5.32 Å². The molecule has 0 aliphatic heterocycles. The second kappa shape index (κ2) is 5.96. The molecule has 1 heterocycles. The molecule has 0 fully saturated rings. The zero-order chi connectivity index (χ0) is 13.8. The van der Waals surface area contributed by atoms with Crippen LogP contribution >= 0.6 is 22.6 Å². The van der Waals surface area contributed by atoms with Crippen molar-refractivity contribution in [1.82, 2.24) is 4.98 Å². The van der Waals surface area contributed by atoms with Gasteiger partial charge in [-0.05, 0) is 52.9 Å². The summed E-state index contributed by atoms with van der Waals surface area (Å²) in [5.41, 5.74) is 0.507. The lowest BCUT2D eigenvalue weighted by molar-refractivity contribution is 0.0601. The molecule has 0 bridgehead atoms. The Labute approximate surface area is 123 Å². The van der Waals surface area contributed by atoms with Crippen LogP contribution in [0.4, 0.5) is 15.9 Å². The number of halogens is 2. The molecule has 1 aromatic heterocycles. The number of methoxy groups -OCH3 is 1. The van der Waals surface area contributed by atoms with Crippen molar-refractivity contribution >= 4 is 40.1 Å². The monoisotopic (exact) mass is 372 g/mol. The molecular weight excluding hydrogens is 362 g/mol. The van der Waals surface area contributed by atoms with Crippen LogP contribution in [0.3, 0.4) is 0 Å². The first-order valence-electron chi connectivity index (χ1n) is 5.37. The van der Waals surface area contributed by atoms with Gasteiger partial charge in [0.1, 0.15) is 17.2 Å². The summed E-state index contributed by atoms with van der Waals surface area (Å²) in [7, 11) is 1.28. The predicted molar refractivity (Wildman–Crippen MR) is 78.0 cm³/mol. The maximum atomic E-state index is 13.7. The van der Waals surface area contributed by atoms with E-state index in [0.717, 1.165) is 3.57 Å². The van der Waals surface area contributed by atoms with Crippen molar-refractivity contribution in [3.63, 3.8) is 0 Å². The summed E-state index contributed by atoms with van der Waals surface area (Å²) < 4.78 is 19.2. The van der Waals surface area contributed by atoms with Gasteiger partial charge in [-0.1, -0.05) is 0 Å². The molecular formula is C13H10FIN2O2. The Hall–Kier alpha value is -1.70. The topological polar surface area (TPSA) is 51.2 Å². The van der Waals surface area contributed by atoms with Crippen LogP contribution in [0.2, 0.25) is 0 Å². The Morgan fingerprint density at radius 2 is 2.21 bits per heavy atom. The van der Waals surface area contributed by atoms with Crippen molar-refractivity contribution in [2.24, 2.45) is 0 Å². The van der Waals surface area contributed by atoms with Crippen LogP contribution in [0.5, 0.6) is 0 Å². The summed E-state index contributed by atoms with van der Waals surface area (Å²) in [5, 5.41) is 2.79. The molecule has 0 saturated heterocycles. The zero-order valence-corrected chi connectivity index (χ0v) is 12.1. The Morgan fingerprint density at radius 1 is 1.42 bits per heavy atom. The number of hydrogen-bond acceptors (Lipinski definition) is 4. The number of esters is 1. The quantitative estimate of drug-likeness (QED) is 0.663. The summed E-state index contributed by atoms with van der Waals surface area (Å²) in [6.07, 6.45) is 1.51.